The fourth-order valence-electron chi connectivity index (χ4n) is 6.49. The molecule has 1 amide bonds. The molecule has 2 atom stereocenters. The first-order valence-electron chi connectivity index (χ1n) is 12.9. The highest BCUT2D eigenvalue weighted by Gasteiger charge is 2.55. The summed E-state index contributed by atoms with van der Waals surface area (Å²) in [5, 5.41) is 6.25. The van der Waals surface area contributed by atoms with Gasteiger partial charge in [0.2, 0.25) is 11.9 Å². The molecule has 1 aliphatic carbocycles. The van der Waals surface area contributed by atoms with Gasteiger partial charge in [-0.3, -0.25) is 4.79 Å². The van der Waals surface area contributed by atoms with Crippen molar-refractivity contribution < 1.29 is 9.18 Å². The van der Waals surface area contributed by atoms with Crippen molar-refractivity contribution in [2.75, 3.05) is 48.8 Å². The van der Waals surface area contributed by atoms with Crippen LogP contribution in [0.5, 0.6) is 0 Å². The maximum Gasteiger partial charge on any atom is 0.246 e. The summed E-state index contributed by atoms with van der Waals surface area (Å²) in [6, 6.07) is 6.02. The quantitative estimate of drug-likeness (QED) is 0.683. The maximum atomic E-state index is 15.1. The van der Waals surface area contributed by atoms with E-state index in [0.29, 0.717) is 42.4 Å². The molecule has 2 aromatic rings. The molecule has 1 spiro atoms. The van der Waals surface area contributed by atoms with Gasteiger partial charge in [0.15, 0.2) is 0 Å². The number of likely N-dealkylation sites (N-methyl/N-ethyl adjacent to an activating group) is 1. The second kappa shape index (κ2) is 8.62. The fraction of sp³-hybridized carbons (Fsp3) is 0.577. The largest absolute Gasteiger partial charge is 0.368 e. The summed E-state index contributed by atoms with van der Waals surface area (Å²) in [6.45, 7) is 2.39. The minimum atomic E-state index is -0.543. The molecule has 0 radical (unpaired) electrons. The predicted octanol–water partition coefficient (Wildman–Crippen LogP) is 3.06. The minimum Gasteiger partial charge on any atom is -0.368 e. The molecule has 1 aromatic carbocycles. The second-order valence-electron chi connectivity index (χ2n) is 10.7. The maximum absolute atomic E-state index is 15.1. The molecule has 2 N–H and O–H groups in total. The van der Waals surface area contributed by atoms with Crippen LogP contribution in [-0.2, 0) is 11.2 Å². The Labute approximate surface area is 205 Å². The van der Waals surface area contributed by atoms with Gasteiger partial charge in [0.1, 0.15) is 17.2 Å². The third-order valence-electron chi connectivity index (χ3n) is 8.39. The monoisotopic (exact) mass is 479 g/mol. The van der Waals surface area contributed by atoms with Crippen molar-refractivity contribution in [1.82, 2.24) is 20.2 Å². The van der Waals surface area contributed by atoms with E-state index in [-0.39, 0.29) is 11.7 Å². The number of halogens is 1. The zero-order chi connectivity index (χ0) is 24.2. The molecule has 1 aromatic heterocycles. The summed E-state index contributed by atoms with van der Waals surface area (Å²) in [4.78, 5) is 29.0. The van der Waals surface area contributed by atoms with Gasteiger partial charge in [-0.05, 0) is 58.0 Å². The van der Waals surface area contributed by atoms with Crippen molar-refractivity contribution in [2.24, 2.45) is 0 Å². The van der Waals surface area contributed by atoms with Crippen LogP contribution in [0.1, 0.15) is 44.1 Å². The number of benzene rings is 1. The van der Waals surface area contributed by atoms with Crippen LogP contribution in [0.3, 0.4) is 0 Å². The molecule has 4 aliphatic rings. The Bertz CT molecular complexity index is 1130. The third-order valence-corrected chi connectivity index (χ3v) is 8.39. The number of hydrogen-bond donors (Lipinski definition) is 2. The molecular formula is C26H34FN7O. The van der Waals surface area contributed by atoms with Crippen LogP contribution in [0.4, 0.5) is 27.5 Å². The van der Waals surface area contributed by atoms with Gasteiger partial charge in [0, 0.05) is 55.6 Å². The van der Waals surface area contributed by atoms with E-state index in [9.17, 15) is 4.79 Å². The van der Waals surface area contributed by atoms with E-state index in [4.69, 9.17) is 4.98 Å². The highest BCUT2D eigenvalue weighted by Crippen LogP contribution is 2.46. The Balaban J connectivity index is 1.24. The lowest BCUT2D eigenvalue weighted by atomic mass is 9.91. The molecule has 3 fully saturated rings. The molecule has 3 aliphatic heterocycles. The average Bonchev–Trinajstić information content (AvgIpc) is 3.62. The van der Waals surface area contributed by atoms with E-state index >= 15 is 4.39 Å². The molecule has 6 rings (SSSR count). The van der Waals surface area contributed by atoms with Crippen LogP contribution in [-0.4, -0.2) is 72.1 Å². The number of fused-ring (bicyclic) bond motifs is 1. The van der Waals surface area contributed by atoms with Gasteiger partial charge in [-0.2, -0.15) is 4.98 Å². The lowest BCUT2D eigenvalue weighted by Crippen LogP contribution is -2.56. The Kier molecular flexibility index (Phi) is 5.55. The highest BCUT2D eigenvalue weighted by atomic mass is 19.1. The van der Waals surface area contributed by atoms with E-state index in [1.165, 1.54) is 18.9 Å². The average molecular weight is 480 g/mol. The van der Waals surface area contributed by atoms with Gasteiger partial charge in [-0.1, -0.05) is 12.8 Å². The molecule has 1 saturated carbocycles. The summed E-state index contributed by atoms with van der Waals surface area (Å²) >= 11 is 0. The van der Waals surface area contributed by atoms with Crippen molar-refractivity contribution >= 4 is 29.0 Å². The Morgan fingerprint density at radius 1 is 1.23 bits per heavy atom. The summed E-state index contributed by atoms with van der Waals surface area (Å²) in [6.07, 6.45) is 8.84. The first kappa shape index (κ1) is 22.5. The first-order chi connectivity index (χ1) is 16.9. The van der Waals surface area contributed by atoms with E-state index < -0.39 is 5.54 Å². The van der Waals surface area contributed by atoms with Gasteiger partial charge in [-0.25, -0.2) is 9.37 Å². The number of carbonyl (C=O) groups is 1. The standard InChI is InChI=1S/C26H34FN7O/c1-32(2)20-9-12-33(16-20)22-8-7-18(13-21(22)27)30-25-29-15-17-14-26(10-11-28-24(26)35)34(23(17)31-25)19-5-3-4-6-19/h7-8,13,15,19-20H,3-6,9-12,14,16H2,1-2H3,(H,28,35)(H,29,30,31)/t20-,26-/m1/s1. The summed E-state index contributed by atoms with van der Waals surface area (Å²) in [5.74, 6) is 1.15. The minimum absolute atomic E-state index is 0.105. The normalized spacial score (nSPS) is 26.3. The zero-order valence-corrected chi connectivity index (χ0v) is 20.6. The number of hydrogen-bond acceptors (Lipinski definition) is 7. The number of aromatic nitrogens is 2. The number of rotatable bonds is 5. The lowest BCUT2D eigenvalue weighted by Gasteiger charge is -2.38. The van der Waals surface area contributed by atoms with Gasteiger partial charge in [-0.15, -0.1) is 0 Å². The van der Waals surface area contributed by atoms with Crippen LogP contribution in [0.15, 0.2) is 24.4 Å². The summed E-state index contributed by atoms with van der Waals surface area (Å²) in [5.41, 5.74) is 1.73. The molecule has 2 saturated heterocycles. The molecule has 0 bridgehead atoms. The lowest BCUT2D eigenvalue weighted by molar-refractivity contribution is -0.123. The van der Waals surface area contributed by atoms with Gasteiger partial charge in [0.25, 0.3) is 0 Å². The molecule has 35 heavy (non-hydrogen) atoms. The topological polar surface area (TPSA) is 76.6 Å². The van der Waals surface area contributed by atoms with Crippen molar-refractivity contribution in [3.05, 3.63) is 35.8 Å². The van der Waals surface area contributed by atoms with E-state index in [1.807, 2.05) is 18.3 Å². The van der Waals surface area contributed by atoms with Crippen molar-refractivity contribution in [3.63, 3.8) is 0 Å². The number of anilines is 4. The number of nitrogens with one attached hydrogen (secondary N) is 2. The predicted molar refractivity (Wildman–Crippen MR) is 135 cm³/mol. The van der Waals surface area contributed by atoms with E-state index in [2.05, 4.69) is 44.4 Å². The van der Waals surface area contributed by atoms with Crippen LogP contribution in [0.25, 0.3) is 0 Å². The molecule has 8 nitrogen and oxygen atoms in total. The van der Waals surface area contributed by atoms with E-state index in [1.54, 1.807) is 0 Å². The highest BCUT2D eigenvalue weighted by molar-refractivity contribution is 5.94. The van der Waals surface area contributed by atoms with Crippen molar-refractivity contribution in [3.8, 4) is 0 Å². The number of nitrogens with zero attached hydrogens (tertiary/aromatic N) is 5. The molecule has 0 unspecified atom stereocenters. The van der Waals surface area contributed by atoms with Crippen molar-refractivity contribution in [2.45, 2.75) is 62.6 Å². The third kappa shape index (κ3) is 3.80. The molecule has 186 valence electrons. The zero-order valence-electron chi connectivity index (χ0n) is 20.6. The Morgan fingerprint density at radius 2 is 2.06 bits per heavy atom. The second-order valence-corrected chi connectivity index (χ2v) is 10.7. The fourth-order valence-corrected chi connectivity index (χ4v) is 6.49. The number of carbonyl (C=O) groups excluding carboxylic acids is 1. The first-order valence-corrected chi connectivity index (χ1v) is 12.9. The molecule has 4 heterocycles. The van der Waals surface area contributed by atoms with Crippen LogP contribution >= 0.6 is 0 Å². The molecule has 9 heteroatoms. The van der Waals surface area contributed by atoms with Crippen LogP contribution < -0.4 is 20.4 Å². The van der Waals surface area contributed by atoms with Gasteiger partial charge in [0.05, 0.1) is 5.69 Å². The summed E-state index contributed by atoms with van der Waals surface area (Å²) < 4.78 is 15.1. The summed E-state index contributed by atoms with van der Waals surface area (Å²) in [7, 11) is 4.14. The van der Waals surface area contributed by atoms with Gasteiger partial charge < -0.3 is 25.3 Å². The van der Waals surface area contributed by atoms with E-state index in [0.717, 1.165) is 50.2 Å². The Morgan fingerprint density at radius 3 is 2.74 bits per heavy atom. The van der Waals surface area contributed by atoms with Crippen molar-refractivity contribution in [1.29, 1.82) is 0 Å². The molecular weight excluding hydrogens is 445 g/mol. The van der Waals surface area contributed by atoms with Crippen LogP contribution in [0.2, 0.25) is 0 Å². The number of amides is 1. The SMILES string of the molecule is CN(C)[C@@H]1CCN(c2ccc(Nc3ncc4c(n3)N(C3CCCC3)[C@]3(CCNC3=O)C4)cc2F)C1. The Hall–Kier alpha value is -2.94. The van der Waals surface area contributed by atoms with Crippen LogP contribution in [0, 0.1) is 5.82 Å². The van der Waals surface area contributed by atoms with Gasteiger partial charge >= 0.3 is 0 Å². The smallest absolute Gasteiger partial charge is 0.246 e.